The minimum atomic E-state index is -0.346. The van der Waals surface area contributed by atoms with Gasteiger partial charge in [0.05, 0.1) is 17.8 Å². The summed E-state index contributed by atoms with van der Waals surface area (Å²) in [6, 6.07) is 0. The van der Waals surface area contributed by atoms with Gasteiger partial charge in [-0.2, -0.15) is 5.10 Å². The minimum Gasteiger partial charge on any atom is -0.308 e. The summed E-state index contributed by atoms with van der Waals surface area (Å²) >= 11 is 11.3. The summed E-state index contributed by atoms with van der Waals surface area (Å²) in [5.74, 6) is 0. The summed E-state index contributed by atoms with van der Waals surface area (Å²) in [5, 5.41) is 4.09. The van der Waals surface area contributed by atoms with Crippen LogP contribution in [0.2, 0.25) is 10.0 Å². The highest BCUT2D eigenvalue weighted by molar-refractivity contribution is 6.41. The smallest absolute Gasteiger partial charge is 0.287 e. The summed E-state index contributed by atoms with van der Waals surface area (Å²) in [6.07, 6.45) is 1.38. The molecule has 1 aromatic rings. The van der Waals surface area contributed by atoms with Gasteiger partial charge in [0.15, 0.2) is 0 Å². The van der Waals surface area contributed by atoms with E-state index in [9.17, 15) is 4.79 Å². The molecule has 0 saturated carbocycles. The Bertz CT molecular complexity index is 375. The van der Waals surface area contributed by atoms with Crippen molar-refractivity contribution in [3.05, 3.63) is 26.6 Å². The van der Waals surface area contributed by atoms with Crippen molar-refractivity contribution in [1.82, 2.24) is 14.7 Å². The summed E-state index contributed by atoms with van der Waals surface area (Å²) < 4.78 is 1.30. The number of rotatable bonds is 3. The lowest BCUT2D eigenvalue weighted by Crippen LogP contribution is -2.28. The van der Waals surface area contributed by atoms with E-state index in [0.717, 1.165) is 6.54 Å². The van der Waals surface area contributed by atoms with Crippen molar-refractivity contribution in [2.45, 2.75) is 6.54 Å². The molecule has 0 bridgehead atoms. The van der Waals surface area contributed by atoms with Crippen LogP contribution in [0.4, 0.5) is 0 Å². The molecule has 0 atom stereocenters. The Hall–Kier alpha value is -0.580. The first-order valence-corrected chi connectivity index (χ1v) is 4.84. The van der Waals surface area contributed by atoms with E-state index in [-0.39, 0.29) is 15.6 Å². The molecule has 78 valence electrons. The van der Waals surface area contributed by atoms with E-state index in [1.807, 2.05) is 19.0 Å². The van der Waals surface area contributed by atoms with Crippen molar-refractivity contribution in [3.63, 3.8) is 0 Å². The first kappa shape index (κ1) is 11.5. The zero-order chi connectivity index (χ0) is 10.7. The molecule has 4 nitrogen and oxygen atoms in total. The Kier molecular flexibility index (Phi) is 3.92. The highest BCUT2D eigenvalue weighted by atomic mass is 35.5. The first-order valence-electron chi connectivity index (χ1n) is 4.08. The number of likely N-dealkylation sites (N-methyl/N-ethyl adjacent to an activating group) is 1. The molecule has 0 fully saturated rings. The minimum absolute atomic E-state index is 0.0282. The van der Waals surface area contributed by atoms with Crippen LogP contribution in [0, 0.1) is 0 Å². The predicted octanol–water partition coefficient (Wildman–Crippen LogP) is 1.11. The van der Waals surface area contributed by atoms with E-state index in [0.29, 0.717) is 6.54 Å². The summed E-state index contributed by atoms with van der Waals surface area (Å²) in [4.78, 5) is 13.4. The van der Waals surface area contributed by atoms with Crippen molar-refractivity contribution in [1.29, 1.82) is 0 Å². The maximum atomic E-state index is 11.5. The Morgan fingerprint density at radius 1 is 1.50 bits per heavy atom. The van der Waals surface area contributed by atoms with E-state index in [2.05, 4.69) is 5.10 Å². The Balaban J connectivity index is 2.89. The number of hydrogen-bond acceptors (Lipinski definition) is 3. The second-order valence-corrected chi connectivity index (χ2v) is 3.92. The molecule has 1 heterocycles. The number of aromatic nitrogens is 2. The summed E-state index contributed by atoms with van der Waals surface area (Å²) in [6.45, 7) is 1.23. The molecule has 0 N–H and O–H groups in total. The van der Waals surface area contributed by atoms with Crippen LogP contribution in [0.3, 0.4) is 0 Å². The Morgan fingerprint density at radius 2 is 2.14 bits per heavy atom. The third kappa shape index (κ3) is 2.70. The van der Waals surface area contributed by atoms with E-state index in [1.54, 1.807) is 0 Å². The highest BCUT2D eigenvalue weighted by Crippen LogP contribution is 2.14. The monoisotopic (exact) mass is 235 g/mol. The Labute approximate surface area is 92.0 Å². The van der Waals surface area contributed by atoms with Crippen LogP contribution < -0.4 is 5.56 Å². The fourth-order valence-corrected chi connectivity index (χ4v) is 1.17. The Morgan fingerprint density at radius 3 is 2.71 bits per heavy atom. The molecule has 14 heavy (non-hydrogen) atoms. The van der Waals surface area contributed by atoms with Gasteiger partial charge in [0.2, 0.25) is 0 Å². The van der Waals surface area contributed by atoms with E-state index < -0.39 is 0 Å². The molecule has 0 amide bonds. The summed E-state index contributed by atoms with van der Waals surface area (Å²) in [5.41, 5.74) is -0.346. The number of hydrogen-bond donors (Lipinski definition) is 0. The SMILES string of the molecule is CN(C)CCn1ncc(Cl)c(Cl)c1=O. The normalized spacial score (nSPS) is 10.9. The molecule has 0 aliphatic carbocycles. The van der Waals surface area contributed by atoms with Gasteiger partial charge < -0.3 is 4.90 Å². The molecule has 0 aliphatic heterocycles. The molecule has 0 aromatic carbocycles. The average molecular weight is 236 g/mol. The molecule has 0 unspecified atom stereocenters. The maximum absolute atomic E-state index is 11.5. The van der Waals surface area contributed by atoms with Gasteiger partial charge in [0.25, 0.3) is 5.56 Å². The third-order valence-corrected chi connectivity index (χ3v) is 2.45. The summed E-state index contributed by atoms with van der Waals surface area (Å²) in [7, 11) is 3.84. The lowest BCUT2D eigenvalue weighted by atomic mass is 10.5. The van der Waals surface area contributed by atoms with E-state index in [4.69, 9.17) is 23.2 Å². The van der Waals surface area contributed by atoms with Crippen molar-refractivity contribution in [2.75, 3.05) is 20.6 Å². The molecule has 0 saturated heterocycles. The topological polar surface area (TPSA) is 38.1 Å². The van der Waals surface area contributed by atoms with Gasteiger partial charge in [-0.05, 0) is 14.1 Å². The van der Waals surface area contributed by atoms with Crippen LogP contribution in [0.25, 0.3) is 0 Å². The zero-order valence-corrected chi connectivity index (χ0v) is 9.51. The second kappa shape index (κ2) is 4.77. The molecular formula is C8H11Cl2N3O. The highest BCUT2D eigenvalue weighted by Gasteiger charge is 2.06. The van der Waals surface area contributed by atoms with Crippen LogP contribution in [-0.4, -0.2) is 35.3 Å². The number of nitrogens with zero attached hydrogens (tertiary/aromatic N) is 3. The van der Waals surface area contributed by atoms with Gasteiger partial charge in [0, 0.05) is 6.54 Å². The van der Waals surface area contributed by atoms with Gasteiger partial charge in [-0.15, -0.1) is 0 Å². The maximum Gasteiger partial charge on any atom is 0.287 e. The molecule has 0 aliphatic rings. The largest absolute Gasteiger partial charge is 0.308 e. The van der Waals surface area contributed by atoms with Gasteiger partial charge in [-0.1, -0.05) is 23.2 Å². The van der Waals surface area contributed by atoms with Crippen LogP contribution in [-0.2, 0) is 6.54 Å². The van der Waals surface area contributed by atoms with E-state index in [1.165, 1.54) is 10.9 Å². The first-order chi connectivity index (χ1) is 6.52. The van der Waals surface area contributed by atoms with Gasteiger partial charge in [-0.25, -0.2) is 4.68 Å². The molecule has 0 spiro atoms. The van der Waals surface area contributed by atoms with Gasteiger partial charge in [-0.3, -0.25) is 4.79 Å². The predicted molar refractivity (Wildman–Crippen MR) is 57.1 cm³/mol. The molecule has 1 aromatic heterocycles. The quantitative estimate of drug-likeness (QED) is 0.789. The van der Waals surface area contributed by atoms with Gasteiger partial charge >= 0.3 is 0 Å². The fourth-order valence-electron chi connectivity index (χ4n) is 0.899. The third-order valence-electron chi connectivity index (χ3n) is 1.70. The molecule has 1 rings (SSSR count). The average Bonchev–Trinajstić information content (AvgIpc) is 2.13. The molecular weight excluding hydrogens is 225 g/mol. The lowest BCUT2D eigenvalue weighted by Gasteiger charge is -2.10. The second-order valence-electron chi connectivity index (χ2n) is 3.14. The van der Waals surface area contributed by atoms with Gasteiger partial charge in [0.1, 0.15) is 5.02 Å². The van der Waals surface area contributed by atoms with Crippen molar-refractivity contribution < 1.29 is 0 Å². The van der Waals surface area contributed by atoms with Crippen LogP contribution in [0.5, 0.6) is 0 Å². The van der Waals surface area contributed by atoms with Crippen LogP contribution in [0.15, 0.2) is 11.0 Å². The molecule has 6 heteroatoms. The van der Waals surface area contributed by atoms with Crippen molar-refractivity contribution in [2.24, 2.45) is 0 Å². The standard InChI is InChI=1S/C8H11Cl2N3O/c1-12(2)3-4-13-8(14)7(10)6(9)5-11-13/h5H,3-4H2,1-2H3. The number of halogens is 2. The van der Waals surface area contributed by atoms with Crippen molar-refractivity contribution >= 4 is 23.2 Å². The molecule has 0 radical (unpaired) electrons. The van der Waals surface area contributed by atoms with Crippen LogP contribution >= 0.6 is 23.2 Å². The van der Waals surface area contributed by atoms with Crippen molar-refractivity contribution in [3.8, 4) is 0 Å². The lowest BCUT2D eigenvalue weighted by molar-refractivity contribution is 0.367. The fraction of sp³-hybridized carbons (Fsp3) is 0.500. The zero-order valence-electron chi connectivity index (χ0n) is 8.00. The van der Waals surface area contributed by atoms with Crippen LogP contribution in [0.1, 0.15) is 0 Å². The van der Waals surface area contributed by atoms with E-state index >= 15 is 0 Å².